The van der Waals surface area contributed by atoms with E-state index in [-0.39, 0.29) is 1.43 Å². The molecule has 0 fully saturated rings. The molecule has 0 nitrogen and oxygen atoms in total. The fourth-order valence-electron chi connectivity index (χ4n) is 8.27. The third-order valence-corrected chi connectivity index (χ3v) is 12.2. The average molecular weight is 977 g/mol. The van der Waals surface area contributed by atoms with E-state index in [0.717, 1.165) is 0 Å². The van der Waals surface area contributed by atoms with Gasteiger partial charge in [0.2, 0.25) is 0 Å². The molecule has 0 spiro atoms. The quantitative estimate of drug-likeness (QED) is 0.115. The van der Waals surface area contributed by atoms with Gasteiger partial charge in [0.1, 0.15) is 0 Å². The van der Waals surface area contributed by atoms with Crippen LogP contribution >= 0.6 is 0 Å². The van der Waals surface area contributed by atoms with Crippen molar-refractivity contribution in [2.24, 2.45) is 0 Å². The highest BCUT2D eigenvalue weighted by Crippen LogP contribution is 2.26. The Morgan fingerprint density at radius 2 is 0.408 bits per heavy atom. The highest BCUT2D eigenvalue weighted by molar-refractivity contribution is 5.98. The molecule has 0 atom stereocenters. The summed E-state index contributed by atoms with van der Waals surface area (Å²) in [5.74, 6) is 0. The predicted molar refractivity (Wildman–Crippen MR) is 334 cm³/mol. The molecular formula is C76H64. The molecule has 0 N–H and O–H groups in total. The van der Waals surface area contributed by atoms with E-state index in [2.05, 4.69) is 285 Å². The largest absolute Gasteiger partial charge is 0.0623 e. The Labute approximate surface area is 452 Å². The van der Waals surface area contributed by atoms with E-state index in [4.69, 9.17) is 0 Å². The monoisotopic (exact) mass is 977 g/mol. The molecule has 0 saturated carbocycles. The van der Waals surface area contributed by atoms with Crippen LogP contribution in [0, 0.1) is 0 Å². The van der Waals surface area contributed by atoms with Gasteiger partial charge in [0.05, 0.1) is 0 Å². The summed E-state index contributed by atoms with van der Waals surface area (Å²) >= 11 is 0. The number of rotatable bonds is 6. The second kappa shape index (κ2) is 30.2. The van der Waals surface area contributed by atoms with Crippen molar-refractivity contribution >= 4 is 56.1 Å². The predicted octanol–water partition coefficient (Wildman–Crippen LogP) is 21.3. The van der Waals surface area contributed by atoms with Crippen LogP contribution in [0.1, 0.15) is 29.2 Å². The zero-order valence-electron chi connectivity index (χ0n) is 42.8. The van der Waals surface area contributed by atoms with Crippen molar-refractivity contribution in [1.82, 2.24) is 0 Å². The molecular weight excluding hydrogens is 913 g/mol. The molecule has 13 aromatic carbocycles. The molecule has 13 aromatic rings. The van der Waals surface area contributed by atoms with Crippen molar-refractivity contribution in [2.45, 2.75) is 0 Å². The van der Waals surface area contributed by atoms with Gasteiger partial charge in [-0.15, -0.1) is 0 Å². The van der Waals surface area contributed by atoms with Crippen molar-refractivity contribution in [3.8, 4) is 11.1 Å². The lowest BCUT2D eigenvalue weighted by Gasteiger charge is -2.08. The van der Waals surface area contributed by atoms with Crippen LogP contribution in [0.25, 0.3) is 67.2 Å². The molecule has 368 valence electrons. The number of hydrogen-bond acceptors (Lipinski definition) is 0. The third-order valence-electron chi connectivity index (χ3n) is 12.2. The van der Waals surface area contributed by atoms with Gasteiger partial charge in [-0.3, -0.25) is 0 Å². The summed E-state index contributed by atoms with van der Waals surface area (Å²) in [5.41, 5.74) is 9.96. The van der Waals surface area contributed by atoms with Crippen LogP contribution in [0.2, 0.25) is 0 Å². The summed E-state index contributed by atoms with van der Waals surface area (Å²) < 4.78 is 0. The van der Waals surface area contributed by atoms with Crippen LogP contribution in [-0.4, -0.2) is 0 Å². The maximum absolute atomic E-state index is 2.24. The summed E-state index contributed by atoms with van der Waals surface area (Å²) in [5, 5.41) is 7.87. The summed E-state index contributed by atoms with van der Waals surface area (Å²) in [7, 11) is 0. The first-order valence-corrected chi connectivity index (χ1v) is 25.8. The van der Waals surface area contributed by atoms with Crippen LogP contribution in [0.3, 0.4) is 0 Å². The van der Waals surface area contributed by atoms with Gasteiger partial charge in [0, 0.05) is 1.43 Å². The maximum Gasteiger partial charge on any atom is 0 e. The Bertz CT molecular complexity index is 3380. The minimum absolute atomic E-state index is 0. The van der Waals surface area contributed by atoms with E-state index in [0.29, 0.717) is 0 Å². The molecule has 0 unspecified atom stereocenters. The normalized spacial score (nSPS) is 10.1. The van der Waals surface area contributed by atoms with Gasteiger partial charge in [-0.2, -0.15) is 0 Å². The molecule has 0 aromatic heterocycles. The molecule has 13 rings (SSSR count). The van der Waals surface area contributed by atoms with Crippen LogP contribution in [0.4, 0.5) is 0 Å². The summed E-state index contributed by atoms with van der Waals surface area (Å²) in [4.78, 5) is 0. The maximum atomic E-state index is 2.24. The first-order chi connectivity index (χ1) is 37.7. The number of hydrogen-bond donors (Lipinski definition) is 0. The van der Waals surface area contributed by atoms with Crippen molar-refractivity contribution in [3.63, 3.8) is 0 Å². The molecule has 0 heterocycles. The molecule has 0 amide bonds. The fourth-order valence-corrected chi connectivity index (χ4v) is 8.27. The lowest BCUT2D eigenvalue weighted by atomic mass is 9.96. The molecule has 76 heavy (non-hydrogen) atoms. The standard InChI is InChI=1S/C20H16.C14H10.C14H12.C12H10.C10H8.C6H6.H2/c1-4-10-17(11-5-1)16-20(18-12-6-2-7-13-18)19-14-8-3-9-15-19;1-2-6-12-10-14-8-4-3-7-13(14)9-11(12)5-1;1-3-7-13(8-4-1)11-12-14-9-5-2-6-10-14;1-3-7-11(8-4-1)12-9-5-2-6-10-12;1-2-6-10-8-4-3-7-9(10)5-1;1-2-4-6-5-3-1;/h1-16H;1-10H;1-12H;1-10H;1-8H;1-6H;1H/b;;12-11+;;;;. The molecule has 0 aliphatic rings. The fraction of sp³-hybridized carbons (Fsp3) is 0. The Kier molecular flexibility index (Phi) is 20.9. The van der Waals surface area contributed by atoms with E-state index in [1.165, 1.54) is 76.8 Å². The van der Waals surface area contributed by atoms with E-state index >= 15 is 0 Å². The zero-order chi connectivity index (χ0) is 51.9. The minimum Gasteiger partial charge on any atom is -0.0623 e. The van der Waals surface area contributed by atoms with E-state index in [9.17, 15) is 0 Å². The minimum atomic E-state index is 0. The average Bonchev–Trinajstić information content (AvgIpc) is 3.52. The van der Waals surface area contributed by atoms with Crippen LogP contribution in [-0.2, 0) is 0 Å². The molecule has 0 saturated heterocycles. The molecule has 0 radical (unpaired) electrons. The van der Waals surface area contributed by atoms with E-state index in [1.54, 1.807) is 0 Å². The van der Waals surface area contributed by atoms with Gasteiger partial charge in [0.25, 0.3) is 0 Å². The SMILES string of the molecule is C(=C(c1ccccc1)c1ccccc1)c1ccccc1.C(=C\c1ccccc1)/c1ccccc1.[HH].c1ccc(-c2ccccc2)cc1.c1ccc2cc3ccccc3cc2c1.c1ccc2ccccc2c1.c1ccccc1. The van der Waals surface area contributed by atoms with Crippen molar-refractivity contribution in [2.75, 3.05) is 0 Å². The van der Waals surface area contributed by atoms with Crippen LogP contribution in [0.5, 0.6) is 0 Å². The number of fused-ring (bicyclic) bond motifs is 3. The van der Waals surface area contributed by atoms with E-state index < -0.39 is 0 Å². The third kappa shape index (κ3) is 17.4. The van der Waals surface area contributed by atoms with Crippen LogP contribution < -0.4 is 0 Å². The Morgan fingerprint density at radius 1 is 0.197 bits per heavy atom. The van der Waals surface area contributed by atoms with E-state index in [1.807, 2.05) is 91.0 Å². The highest BCUT2D eigenvalue weighted by atomic mass is 14.1. The van der Waals surface area contributed by atoms with Gasteiger partial charge < -0.3 is 0 Å². The van der Waals surface area contributed by atoms with Crippen LogP contribution in [0.15, 0.2) is 358 Å². The Hall–Kier alpha value is -9.88. The second-order valence-corrected chi connectivity index (χ2v) is 17.6. The lowest BCUT2D eigenvalue weighted by Crippen LogP contribution is -1.87. The Balaban J connectivity index is 0.000000138. The second-order valence-electron chi connectivity index (χ2n) is 17.6. The zero-order valence-corrected chi connectivity index (χ0v) is 42.8. The molecule has 0 heteroatoms. The highest BCUT2D eigenvalue weighted by Gasteiger charge is 2.04. The smallest absolute Gasteiger partial charge is 0 e. The summed E-state index contributed by atoms with van der Waals surface area (Å²) in [6, 6.07) is 123. The van der Waals surface area contributed by atoms with Gasteiger partial charge in [-0.25, -0.2) is 0 Å². The Morgan fingerprint density at radius 3 is 0.697 bits per heavy atom. The molecule has 0 aliphatic heterocycles. The van der Waals surface area contributed by atoms with Gasteiger partial charge in [0.15, 0.2) is 0 Å². The lowest BCUT2D eigenvalue weighted by molar-refractivity contribution is 1.55. The van der Waals surface area contributed by atoms with Crippen molar-refractivity contribution in [3.05, 3.63) is 386 Å². The van der Waals surface area contributed by atoms with Crippen molar-refractivity contribution in [1.29, 1.82) is 0 Å². The van der Waals surface area contributed by atoms with Gasteiger partial charge in [-0.05, 0) is 95.0 Å². The number of benzene rings is 13. The van der Waals surface area contributed by atoms with Gasteiger partial charge >= 0.3 is 0 Å². The van der Waals surface area contributed by atoms with Crippen molar-refractivity contribution < 1.29 is 1.43 Å². The van der Waals surface area contributed by atoms with Gasteiger partial charge in [-0.1, -0.05) is 358 Å². The molecule has 0 aliphatic carbocycles. The first kappa shape index (κ1) is 52.4. The molecule has 0 bridgehead atoms. The summed E-state index contributed by atoms with van der Waals surface area (Å²) in [6.45, 7) is 0. The topological polar surface area (TPSA) is 0 Å². The summed E-state index contributed by atoms with van der Waals surface area (Å²) in [6.07, 6.45) is 6.48. The first-order valence-electron chi connectivity index (χ1n) is 25.8.